The largest absolute Gasteiger partial charge is 0.485 e. The van der Waals surface area contributed by atoms with Crippen molar-refractivity contribution in [3.05, 3.63) is 52.7 Å². The van der Waals surface area contributed by atoms with E-state index in [1.807, 2.05) is 4.72 Å². The van der Waals surface area contributed by atoms with Crippen LogP contribution < -0.4 is 4.72 Å². The van der Waals surface area contributed by atoms with Gasteiger partial charge in [-0.3, -0.25) is 0 Å². The van der Waals surface area contributed by atoms with Crippen LogP contribution in [0.3, 0.4) is 0 Å². The molecule has 2 rings (SSSR count). The molecule has 1 aromatic carbocycles. The maximum absolute atomic E-state index is 12.3. The van der Waals surface area contributed by atoms with Gasteiger partial charge in [0.1, 0.15) is 5.03 Å². The maximum atomic E-state index is 12.3. The van der Waals surface area contributed by atoms with Crippen LogP contribution >= 0.6 is 23.4 Å². The van der Waals surface area contributed by atoms with Crippen molar-refractivity contribution in [1.82, 2.24) is 9.71 Å². The molecule has 0 aliphatic rings. The fraction of sp³-hybridized carbons (Fsp3) is 0.214. The fourth-order valence-electron chi connectivity index (χ4n) is 1.75. The zero-order chi connectivity index (χ0) is 17.7. The molecule has 0 spiro atoms. The van der Waals surface area contributed by atoms with Crippen LogP contribution in [0.25, 0.3) is 0 Å². The highest BCUT2D eigenvalue weighted by molar-refractivity contribution is 7.99. The van der Waals surface area contributed by atoms with Gasteiger partial charge < -0.3 is 5.11 Å². The lowest BCUT2D eigenvalue weighted by Crippen LogP contribution is -2.29. The Labute approximate surface area is 148 Å². The van der Waals surface area contributed by atoms with Gasteiger partial charge in [-0.25, -0.2) is 13.9 Å². The quantitative estimate of drug-likeness (QED) is 0.782. The van der Waals surface area contributed by atoms with Gasteiger partial charge in [-0.1, -0.05) is 29.4 Å². The lowest BCUT2D eigenvalue weighted by atomic mass is 10.2. The SMILES string of the molecule is O=S(NCc1cc(Cl)ccc1Sc1ncccc1CO)C(F)(F)F. The van der Waals surface area contributed by atoms with Crippen LogP contribution in [-0.2, 0) is 24.1 Å². The Bertz CT molecular complexity index is 744. The molecule has 2 aromatic rings. The number of halogens is 4. The van der Waals surface area contributed by atoms with Crippen molar-refractivity contribution in [2.75, 3.05) is 0 Å². The smallest absolute Gasteiger partial charge is 0.392 e. The van der Waals surface area contributed by atoms with E-state index in [1.165, 1.54) is 17.8 Å². The zero-order valence-corrected chi connectivity index (χ0v) is 14.4. The minimum Gasteiger partial charge on any atom is -0.392 e. The molecule has 2 N–H and O–H groups in total. The Hall–Kier alpha value is -1.13. The van der Waals surface area contributed by atoms with Gasteiger partial charge in [0.25, 0.3) is 0 Å². The number of pyridine rings is 1. The van der Waals surface area contributed by atoms with Crippen LogP contribution in [0.1, 0.15) is 11.1 Å². The van der Waals surface area contributed by atoms with E-state index in [0.29, 0.717) is 26.1 Å². The summed E-state index contributed by atoms with van der Waals surface area (Å²) in [5.41, 5.74) is -3.80. The summed E-state index contributed by atoms with van der Waals surface area (Å²) in [6, 6.07) is 8.09. The summed E-state index contributed by atoms with van der Waals surface area (Å²) in [4.78, 5) is 4.75. The molecule has 0 aliphatic heterocycles. The van der Waals surface area contributed by atoms with E-state index in [4.69, 9.17) is 11.6 Å². The summed E-state index contributed by atoms with van der Waals surface area (Å²) >= 11 is 7.08. The number of rotatable bonds is 6. The first-order chi connectivity index (χ1) is 11.3. The summed E-state index contributed by atoms with van der Waals surface area (Å²) in [5, 5.41) is 10.2. The van der Waals surface area contributed by atoms with Crippen molar-refractivity contribution in [3.63, 3.8) is 0 Å². The number of nitrogens with zero attached hydrogens (tertiary/aromatic N) is 1. The summed E-state index contributed by atoms with van der Waals surface area (Å²) < 4.78 is 50.0. The van der Waals surface area contributed by atoms with Crippen LogP contribution in [0.4, 0.5) is 13.2 Å². The number of aromatic nitrogens is 1. The first-order valence-corrected chi connectivity index (χ1v) is 8.89. The van der Waals surface area contributed by atoms with Crippen LogP contribution in [0.15, 0.2) is 46.5 Å². The van der Waals surface area contributed by atoms with E-state index in [0.717, 1.165) is 0 Å². The van der Waals surface area contributed by atoms with Gasteiger partial charge in [-0.05, 0) is 29.8 Å². The second-order valence-corrected chi connectivity index (χ2v) is 7.27. The van der Waals surface area contributed by atoms with Crippen molar-refractivity contribution < 1.29 is 22.5 Å². The van der Waals surface area contributed by atoms with Crippen molar-refractivity contribution in [1.29, 1.82) is 0 Å². The standard InChI is InChI=1S/C14H12ClF3N2O2S2/c15-11-3-4-12(23-13-9(8-21)2-1-5-19-13)10(6-11)7-20-24(22)14(16,17)18/h1-6,20-21H,7-8H2. The number of hydrogen-bond acceptors (Lipinski definition) is 4. The molecule has 0 saturated carbocycles. The van der Waals surface area contributed by atoms with E-state index < -0.39 is 16.5 Å². The van der Waals surface area contributed by atoms with E-state index in [1.54, 1.807) is 30.5 Å². The van der Waals surface area contributed by atoms with Gasteiger partial charge in [0, 0.05) is 28.2 Å². The molecule has 0 saturated heterocycles. The topological polar surface area (TPSA) is 62.2 Å². The molecular formula is C14H12ClF3N2O2S2. The third-order valence-electron chi connectivity index (χ3n) is 2.85. The first-order valence-electron chi connectivity index (χ1n) is 6.54. The predicted octanol–water partition coefficient (Wildman–Crippen LogP) is 3.65. The number of hydrogen-bond donors (Lipinski definition) is 2. The summed E-state index contributed by atoms with van der Waals surface area (Å²) in [5.74, 6) is 0. The highest BCUT2D eigenvalue weighted by atomic mass is 35.5. The molecule has 10 heteroatoms. The Kier molecular flexibility index (Phi) is 6.64. The van der Waals surface area contributed by atoms with Crippen LogP contribution in [0, 0.1) is 0 Å². The average Bonchev–Trinajstić information content (AvgIpc) is 2.54. The summed E-state index contributed by atoms with van der Waals surface area (Å²) in [6.45, 7) is -0.494. The van der Waals surface area contributed by atoms with E-state index >= 15 is 0 Å². The Morgan fingerprint density at radius 1 is 1.29 bits per heavy atom. The Balaban J connectivity index is 2.23. The molecular weight excluding hydrogens is 385 g/mol. The van der Waals surface area contributed by atoms with Crippen molar-refractivity contribution in [2.24, 2.45) is 0 Å². The Morgan fingerprint density at radius 3 is 2.71 bits per heavy atom. The molecule has 0 amide bonds. The third-order valence-corrected chi connectivity index (χ3v) is 5.09. The molecule has 0 fully saturated rings. The lowest BCUT2D eigenvalue weighted by Gasteiger charge is -2.12. The molecule has 0 radical (unpaired) electrons. The average molecular weight is 397 g/mol. The second kappa shape index (κ2) is 8.30. The maximum Gasteiger partial charge on any atom is 0.485 e. The van der Waals surface area contributed by atoms with Crippen molar-refractivity contribution in [3.8, 4) is 0 Å². The monoisotopic (exact) mass is 396 g/mol. The minimum atomic E-state index is -4.84. The fourth-order valence-corrected chi connectivity index (χ4v) is 3.38. The molecule has 1 heterocycles. The number of aliphatic hydroxyl groups excluding tert-OH is 1. The summed E-state index contributed by atoms with van der Waals surface area (Å²) in [7, 11) is -3.16. The third kappa shape index (κ3) is 5.18. The number of benzene rings is 1. The van der Waals surface area contributed by atoms with Gasteiger partial charge in [0.2, 0.25) is 0 Å². The zero-order valence-electron chi connectivity index (χ0n) is 12.0. The second-order valence-electron chi connectivity index (χ2n) is 4.52. The number of nitrogens with one attached hydrogen (secondary N) is 1. The van der Waals surface area contributed by atoms with Gasteiger partial charge in [0.05, 0.1) is 6.61 Å². The molecule has 24 heavy (non-hydrogen) atoms. The van der Waals surface area contributed by atoms with Gasteiger partial charge >= 0.3 is 5.51 Å². The molecule has 0 aliphatic carbocycles. The van der Waals surface area contributed by atoms with Gasteiger partial charge in [0.15, 0.2) is 11.0 Å². The number of alkyl halides is 3. The highest BCUT2D eigenvalue weighted by Gasteiger charge is 2.36. The molecule has 1 unspecified atom stereocenters. The molecule has 0 bridgehead atoms. The van der Waals surface area contributed by atoms with Gasteiger partial charge in [-0.2, -0.15) is 13.2 Å². The van der Waals surface area contributed by atoms with Crippen molar-refractivity contribution in [2.45, 2.75) is 28.6 Å². The molecule has 1 aromatic heterocycles. The molecule has 4 nitrogen and oxygen atoms in total. The van der Waals surface area contributed by atoms with E-state index in [2.05, 4.69) is 4.98 Å². The minimum absolute atomic E-state index is 0.213. The van der Waals surface area contributed by atoms with Crippen molar-refractivity contribution >= 4 is 34.3 Å². The first kappa shape index (κ1) is 19.2. The molecule has 1 atom stereocenters. The summed E-state index contributed by atoms with van der Waals surface area (Å²) in [6.07, 6.45) is 1.55. The predicted molar refractivity (Wildman–Crippen MR) is 86.8 cm³/mol. The van der Waals surface area contributed by atoms with Crippen LogP contribution in [-0.4, -0.2) is 19.8 Å². The Morgan fingerprint density at radius 2 is 2.04 bits per heavy atom. The normalized spacial score (nSPS) is 13.0. The van der Waals surface area contributed by atoms with E-state index in [-0.39, 0.29) is 13.2 Å². The van der Waals surface area contributed by atoms with E-state index in [9.17, 15) is 22.5 Å². The van der Waals surface area contributed by atoms with Crippen LogP contribution in [0.2, 0.25) is 5.02 Å². The lowest BCUT2D eigenvalue weighted by molar-refractivity contribution is -0.0394. The number of aliphatic hydroxyl groups is 1. The van der Waals surface area contributed by atoms with Gasteiger partial charge in [-0.15, -0.1) is 0 Å². The highest BCUT2D eigenvalue weighted by Crippen LogP contribution is 2.33. The molecule has 130 valence electrons. The van der Waals surface area contributed by atoms with Crippen LogP contribution in [0.5, 0.6) is 0 Å².